The van der Waals surface area contributed by atoms with Gasteiger partial charge in [-0.05, 0) is 6.42 Å². The van der Waals surface area contributed by atoms with Gasteiger partial charge in [0.1, 0.15) is 6.04 Å². The van der Waals surface area contributed by atoms with Gasteiger partial charge in [0.05, 0.1) is 17.4 Å². The monoisotopic (exact) mass is 214 g/mol. The predicted octanol–water partition coefficient (Wildman–Crippen LogP) is 0.144. The number of rotatable bonds is 6. The Kier molecular flexibility index (Phi) is 6.84. The van der Waals surface area contributed by atoms with Gasteiger partial charge in [0.15, 0.2) is 0 Å². The SMILES string of the molecule is CCCCC(NC(=O)C=[N+]=N)C(=O)OC. The van der Waals surface area contributed by atoms with Crippen molar-refractivity contribution >= 4 is 18.1 Å². The van der Waals surface area contributed by atoms with Gasteiger partial charge in [0.2, 0.25) is 0 Å². The molecular formula is C9H16N3O3+. The van der Waals surface area contributed by atoms with E-state index in [4.69, 9.17) is 5.53 Å². The average Bonchev–Trinajstić information content (AvgIpc) is 2.23. The lowest BCUT2D eigenvalue weighted by Crippen LogP contribution is -2.42. The number of amides is 1. The summed E-state index contributed by atoms with van der Waals surface area (Å²) >= 11 is 0. The van der Waals surface area contributed by atoms with E-state index in [1.165, 1.54) is 7.11 Å². The molecule has 0 bridgehead atoms. The predicted molar refractivity (Wildman–Crippen MR) is 52.5 cm³/mol. The summed E-state index contributed by atoms with van der Waals surface area (Å²) in [6.07, 6.45) is 3.08. The van der Waals surface area contributed by atoms with Crippen LogP contribution in [0.25, 0.3) is 0 Å². The maximum Gasteiger partial charge on any atom is 0.394 e. The Labute approximate surface area is 88.2 Å². The van der Waals surface area contributed by atoms with Crippen molar-refractivity contribution in [1.82, 2.24) is 5.32 Å². The normalized spacial score (nSPS) is 11.1. The number of carbonyl (C=O) groups is 2. The van der Waals surface area contributed by atoms with Crippen molar-refractivity contribution in [3.8, 4) is 0 Å². The van der Waals surface area contributed by atoms with E-state index in [1.807, 2.05) is 6.92 Å². The highest BCUT2D eigenvalue weighted by atomic mass is 16.5. The van der Waals surface area contributed by atoms with Crippen LogP contribution < -0.4 is 5.32 Å². The van der Waals surface area contributed by atoms with Crippen LogP contribution in [0.5, 0.6) is 0 Å². The molecule has 1 amide bonds. The molecule has 0 aromatic rings. The minimum atomic E-state index is -0.652. The van der Waals surface area contributed by atoms with Crippen LogP contribution in [0.15, 0.2) is 0 Å². The second kappa shape index (κ2) is 7.70. The molecule has 0 aliphatic heterocycles. The molecule has 2 N–H and O–H groups in total. The van der Waals surface area contributed by atoms with Crippen LogP contribution in [0.2, 0.25) is 0 Å². The molecule has 0 heterocycles. The Morgan fingerprint density at radius 2 is 2.27 bits per heavy atom. The molecule has 84 valence electrons. The zero-order valence-electron chi connectivity index (χ0n) is 8.95. The fraction of sp³-hybridized carbons (Fsp3) is 0.667. The lowest BCUT2D eigenvalue weighted by Gasteiger charge is -2.13. The van der Waals surface area contributed by atoms with Gasteiger partial charge >= 0.3 is 18.1 Å². The van der Waals surface area contributed by atoms with E-state index in [0.717, 1.165) is 19.1 Å². The number of esters is 1. The van der Waals surface area contributed by atoms with E-state index in [0.29, 0.717) is 6.42 Å². The first kappa shape index (κ1) is 13.3. The van der Waals surface area contributed by atoms with Gasteiger partial charge in [-0.3, -0.25) is 4.79 Å². The third kappa shape index (κ3) is 5.59. The Balaban J connectivity index is 4.29. The van der Waals surface area contributed by atoms with Gasteiger partial charge in [0.25, 0.3) is 0 Å². The molecule has 0 rings (SSSR count). The van der Waals surface area contributed by atoms with Crippen molar-refractivity contribution in [2.45, 2.75) is 32.2 Å². The van der Waals surface area contributed by atoms with E-state index >= 15 is 0 Å². The number of unbranched alkanes of at least 4 members (excludes halogenated alkanes) is 1. The van der Waals surface area contributed by atoms with E-state index in [9.17, 15) is 9.59 Å². The molecule has 6 heteroatoms. The molecule has 0 aliphatic rings. The molecular weight excluding hydrogens is 198 g/mol. The van der Waals surface area contributed by atoms with Crippen LogP contribution in [-0.4, -0.2) is 36.0 Å². The standard InChI is InChI=1S/C9H15N3O3/c1-3-4-5-7(9(14)15-2)12-8(13)6-11-10/h6-7,10H,3-5H2,1-2H3/p+1. The summed E-state index contributed by atoms with van der Waals surface area (Å²) in [7, 11) is 1.27. The number of nitrogens with zero attached hydrogens (tertiary/aromatic N) is 1. The lowest BCUT2D eigenvalue weighted by atomic mass is 10.1. The molecule has 1 unspecified atom stereocenters. The van der Waals surface area contributed by atoms with Gasteiger partial charge in [-0.1, -0.05) is 19.8 Å². The van der Waals surface area contributed by atoms with Gasteiger partial charge < -0.3 is 10.1 Å². The second-order valence-corrected chi connectivity index (χ2v) is 2.98. The zero-order valence-corrected chi connectivity index (χ0v) is 8.95. The Bertz CT molecular complexity index is 272. The van der Waals surface area contributed by atoms with Gasteiger partial charge in [-0.2, -0.15) is 0 Å². The highest BCUT2D eigenvalue weighted by Crippen LogP contribution is 2.01. The average molecular weight is 214 g/mol. The van der Waals surface area contributed by atoms with Crippen LogP contribution >= 0.6 is 0 Å². The largest absolute Gasteiger partial charge is 0.467 e. The Hall–Kier alpha value is -1.68. The molecule has 15 heavy (non-hydrogen) atoms. The number of hydrogen-bond donors (Lipinski definition) is 2. The summed E-state index contributed by atoms with van der Waals surface area (Å²) in [5.41, 5.74) is 6.46. The topological polar surface area (TPSA) is 93.4 Å². The van der Waals surface area contributed by atoms with Crippen molar-refractivity contribution < 1.29 is 19.1 Å². The minimum absolute atomic E-state index is 0.477. The Morgan fingerprint density at radius 3 is 2.73 bits per heavy atom. The molecule has 0 saturated heterocycles. The third-order valence-corrected chi connectivity index (χ3v) is 1.83. The number of ether oxygens (including phenoxy) is 1. The molecule has 1 atom stereocenters. The first-order valence-electron chi connectivity index (χ1n) is 4.73. The van der Waals surface area contributed by atoms with Crippen molar-refractivity contribution in [2.75, 3.05) is 7.11 Å². The summed E-state index contributed by atoms with van der Waals surface area (Å²) in [4.78, 5) is 25.1. The molecule has 0 aliphatic carbocycles. The first-order chi connectivity index (χ1) is 7.15. The van der Waals surface area contributed by atoms with Gasteiger partial charge in [0, 0.05) is 0 Å². The van der Waals surface area contributed by atoms with E-state index in [-0.39, 0.29) is 0 Å². The Morgan fingerprint density at radius 1 is 1.60 bits per heavy atom. The summed E-state index contributed by atoms with van der Waals surface area (Å²) in [5.74, 6) is -1.04. The van der Waals surface area contributed by atoms with Crippen molar-refractivity contribution in [1.29, 1.82) is 5.53 Å². The molecule has 0 fully saturated rings. The first-order valence-corrected chi connectivity index (χ1v) is 4.73. The van der Waals surface area contributed by atoms with Crippen molar-refractivity contribution in [2.24, 2.45) is 0 Å². The molecule has 0 radical (unpaired) electrons. The molecule has 0 saturated carbocycles. The zero-order chi connectivity index (χ0) is 11.7. The third-order valence-electron chi connectivity index (χ3n) is 1.83. The van der Waals surface area contributed by atoms with Crippen LogP contribution in [0.1, 0.15) is 26.2 Å². The fourth-order valence-corrected chi connectivity index (χ4v) is 1.07. The number of methoxy groups -OCH3 is 1. The van der Waals surface area contributed by atoms with E-state index in [2.05, 4.69) is 14.8 Å². The van der Waals surface area contributed by atoms with Crippen LogP contribution in [0.4, 0.5) is 0 Å². The summed E-state index contributed by atoms with van der Waals surface area (Å²) in [5, 5.41) is 2.42. The van der Waals surface area contributed by atoms with Gasteiger partial charge in [-0.25, -0.2) is 4.79 Å². The fourth-order valence-electron chi connectivity index (χ4n) is 1.07. The molecule has 0 aromatic carbocycles. The number of carbonyl (C=O) groups excluding carboxylic acids is 2. The minimum Gasteiger partial charge on any atom is -0.467 e. The molecule has 6 nitrogen and oxygen atoms in total. The maximum atomic E-state index is 11.2. The molecule has 0 aromatic heterocycles. The quantitative estimate of drug-likeness (QED) is 0.285. The lowest BCUT2D eigenvalue weighted by molar-refractivity contribution is -0.145. The molecule has 0 spiro atoms. The maximum absolute atomic E-state index is 11.2. The highest BCUT2D eigenvalue weighted by Gasteiger charge is 2.21. The second-order valence-electron chi connectivity index (χ2n) is 2.98. The van der Waals surface area contributed by atoms with Gasteiger partial charge in [-0.15, -0.1) is 0 Å². The van der Waals surface area contributed by atoms with Crippen LogP contribution in [-0.2, 0) is 14.3 Å². The number of hydrogen-bond acceptors (Lipinski definition) is 4. The highest BCUT2D eigenvalue weighted by molar-refractivity contribution is 6.24. The summed E-state index contributed by atoms with van der Waals surface area (Å²) in [6.45, 7) is 1.99. The van der Waals surface area contributed by atoms with Crippen LogP contribution in [0.3, 0.4) is 0 Å². The van der Waals surface area contributed by atoms with E-state index < -0.39 is 17.9 Å². The van der Waals surface area contributed by atoms with E-state index in [1.54, 1.807) is 0 Å². The smallest absolute Gasteiger partial charge is 0.394 e. The summed E-state index contributed by atoms with van der Waals surface area (Å²) < 4.78 is 4.54. The van der Waals surface area contributed by atoms with Crippen molar-refractivity contribution in [3.63, 3.8) is 0 Å². The van der Waals surface area contributed by atoms with Crippen LogP contribution in [0, 0.1) is 5.53 Å². The summed E-state index contributed by atoms with van der Waals surface area (Å²) in [6, 6.07) is -0.652. The van der Waals surface area contributed by atoms with Crippen molar-refractivity contribution in [3.05, 3.63) is 0 Å². The number of nitrogens with one attached hydrogen (secondary N) is 2.